The summed E-state index contributed by atoms with van der Waals surface area (Å²) < 4.78 is 0.742. The number of aromatic hydroxyl groups is 1. The van der Waals surface area contributed by atoms with E-state index in [0.717, 1.165) is 10.0 Å². The zero-order valence-electron chi connectivity index (χ0n) is 10.0. The number of hydrogen-bond acceptors (Lipinski definition) is 3. The molecule has 0 aliphatic carbocycles. The van der Waals surface area contributed by atoms with Crippen LogP contribution in [0.2, 0.25) is 0 Å². The molecule has 0 heterocycles. The first-order valence-corrected chi connectivity index (χ1v) is 6.42. The van der Waals surface area contributed by atoms with Crippen molar-refractivity contribution in [3.05, 3.63) is 64.1 Å². The van der Waals surface area contributed by atoms with E-state index in [9.17, 15) is 9.90 Å². The summed E-state index contributed by atoms with van der Waals surface area (Å²) >= 11 is 3.27. The highest BCUT2D eigenvalue weighted by Gasteiger charge is 2.08. The third-order valence-electron chi connectivity index (χ3n) is 2.56. The molecule has 0 saturated carbocycles. The van der Waals surface area contributed by atoms with E-state index in [2.05, 4.69) is 15.9 Å². The van der Waals surface area contributed by atoms with E-state index < -0.39 is 0 Å². The van der Waals surface area contributed by atoms with Crippen molar-refractivity contribution in [3.63, 3.8) is 0 Å². The Kier molecular flexibility index (Phi) is 4.02. The highest BCUT2D eigenvalue weighted by Crippen LogP contribution is 2.22. The number of phenols is 1. The molecule has 0 fully saturated rings. The topological polar surface area (TPSA) is 63.3 Å². The van der Waals surface area contributed by atoms with Gasteiger partial charge in [0.2, 0.25) is 0 Å². The Labute approximate surface area is 119 Å². The lowest BCUT2D eigenvalue weighted by Gasteiger charge is -2.01. The Hall–Kier alpha value is -2.07. The number of allylic oxidation sites excluding steroid dienone is 1. The first-order chi connectivity index (χ1) is 9.06. The number of anilines is 1. The number of hydrogen-bond donors (Lipinski definition) is 2. The van der Waals surface area contributed by atoms with Crippen molar-refractivity contribution >= 4 is 33.5 Å². The molecule has 0 bridgehead atoms. The van der Waals surface area contributed by atoms with E-state index in [0.29, 0.717) is 5.69 Å². The maximum absolute atomic E-state index is 12.0. The maximum atomic E-state index is 12.0. The van der Waals surface area contributed by atoms with Crippen LogP contribution in [0.4, 0.5) is 5.69 Å². The molecule has 0 aliphatic rings. The van der Waals surface area contributed by atoms with Gasteiger partial charge in [0.1, 0.15) is 5.75 Å². The first kappa shape index (κ1) is 13.4. The number of rotatable bonds is 3. The van der Waals surface area contributed by atoms with Crippen molar-refractivity contribution in [2.45, 2.75) is 0 Å². The normalized spacial score (nSPS) is 10.8. The molecule has 0 radical (unpaired) electrons. The van der Waals surface area contributed by atoms with Crippen molar-refractivity contribution < 1.29 is 9.90 Å². The van der Waals surface area contributed by atoms with Crippen LogP contribution in [0.3, 0.4) is 0 Å². The smallest absolute Gasteiger partial charge is 0.189 e. The molecule has 3 N–H and O–H groups in total. The number of halogens is 1. The fourth-order valence-electron chi connectivity index (χ4n) is 1.63. The summed E-state index contributed by atoms with van der Waals surface area (Å²) in [6.45, 7) is 0. The van der Waals surface area contributed by atoms with Crippen LogP contribution >= 0.6 is 15.9 Å². The predicted octanol–water partition coefficient (Wildman–Crippen LogP) is 3.63. The van der Waals surface area contributed by atoms with E-state index in [4.69, 9.17) is 5.73 Å². The zero-order chi connectivity index (χ0) is 13.8. The molecule has 19 heavy (non-hydrogen) atoms. The summed E-state index contributed by atoms with van der Waals surface area (Å²) in [6, 6.07) is 11.9. The molecule has 0 atom stereocenters. The van der Waals surface area contributed by atoms with E-state index in [1.165, 1.54) is 12.1 Å². The Morgan fingerprint density at radius 1 is 1.21 bits per heavy atom. The summed E-state index contributed by atoms with van der Waals surface area (Å²) in [5.41, 5.74) is 7.39. The molecule has 0 saturated heterocycles. The maximum Gasteiger partial charge on any atom is 0.189 e. The molecule has 2 aromatic carbocycles. The van der Waals surface area contributed by atoms with E-state index in [1.807, 2.05) is 12.1 Å². The van der Waals surface area contributed by atoms with Gasteiger partial charge in [-0.3, -0.25) is 4.79 Å². The van der Waals surface area contributed by atoms with E-state index >= 15 is 0 Å². The van der Waals surface area contributed by atoms with Gasteiger partial charge in [0, 0.05) is 10.2 Å². The molecular formula is C15H12BrNO2. The second-order valence-corrected chi connectivity index (χ2v) is 4.94. The highest BCUT2D eigenvalue weighted by atomic mass is 79.9. The highest BCUT2D eigenvalue weighted by molar-refractivity contribution is 9.10. The lowest BCUT2D eigenvalue weighted by Crippen LogP contribution is -1.95. The van der Waals surface area contributed by atoms with Crippen LogP contribution in [-0.4, -0.2) is 10.9 Å². The Bertz CT molecular complexity index is 650. The van der Waals surface area contributed by atoms with Gasteiger partial charge < -0.3 is 10.8 Å². The summed E-state index contributed by atoms with van der Waals surface area (Å²) in [7, 11) is 0. The zero-order valence-corrected chi connectivity index (χ0v) is 11.6. The number of nitrogen functional groups attached to an aromatic ring is 1. The second kappa shape index (κ2) is 5.71. The molecule has 2 aromatic rings. The summed E-state index contributed by atoms with van der Waals surface area (Å²) in [6.07, 6.45) is 3.08. The lowest BCUT2D eigenvalue weighted by atomic mass is 10.1. The molecule has 4 heteroatoms. The van der Waals surface area contributed by atoms with Crippen LogP contribution in [0.25, 0.3) is 6.08 Å². The third kappa shape index (κ3) is 3.45. The van der Waals surface area contributed by atoms with Gasteiger partial charge in [0.15, 0.2) is 5.78 Å². The number of ketones is 1. The Balaban J connectivity index is 2.23. The summed E-state index contributed by atoms with van der Waals surface area (Å²) in [5.74, 6) is -0.299. The Morgan fingerprint density at radius 2 is 2.00 bits per heavy atom. The van der Waals surface area contributed by atoms with Crippen molar-refractivity contribution in [2.75, 3.05) is 5.73 Å². The standard InChI is InChI=1S/C15H12BrNO2/c16-11-5-7-15(19)13(9-11)14(18)6-4-10-2-1-3-12(17)8-10/h1-9,19H,17H2. The SMILES string of the molecule is Nc1cccc(C=CC(=O)c2cc(Br)ccc2O)c1. The minimum absolute atomic E-state index is 0.0366. The average molecular weight is 318 g/mol. The number of carbonyl (C=O) groups is 1. The fourth-order valence-corrected chi connectivity index (χ4v) is 1.99. The van der Waals surface area contributed by atoms with Crippen molar-refractivity contribution in [3.8, 4) is 5.75 Å². The molecule has 0 aromatic heterocycles. The van der Waals surface area contributed by atoms with Gasteiger partial charge in [0.05, 0.1) is 5.56 Å². The fraction of sp³-hybridized carbons (Fsp3) is 0. The van der Waals surface area contributed by atoms with Crippen LogP contribution in [0.5, 0.6) is 5.75 Å². The van der Waals surface area contributed by atoms with Crippen molar-refractivity contribution in [2.24, 2.45) is 0 Å². The van der Waals surface area contributed by atoms with E-state index in [1.54, 1.807) is 30.3 Å². The molecule has 3 nitrogen and oxygen atoms in total. The average Bonchev–Trinajstić information content (AvgIpc) is 2.39. The molecule has 0 unspecified atom stereocenters. The number of carbonyl (C=O) groups excluding carboxylic acids is 1. The van der Waals surface area contributed by atoms with Crippen molar-refractivity contribution in [1.82, 2.24) is 0 Å². The quantitative estimate of drug-likeness (QED) is 0.516. The molecule has 0 spiro atoms. The molecule has 2 rings (SSSR count). The van der Waals surface area contributed by atoms with Gasteiger partial charge in [-0.15, -0.1) is 0 Å². The second-order valence-electron chi connectivity index (χ2n) is 4.03. The summed E-state index contributed by atoms with van der Waals surface area (Å²) in [5, 5.41) is 9.65. The Morgan fingerprint density at radius 3 is 2.74 bits per heavy atom. The van der Waals surface area contributed by atoms with Crippen LogP contribution < -0.4 is 5.73 Å². The molecule has 0 amide bonds. The molecule has 0 aliphatic heterocycles. The minimum atomic E-state index is -0.263. The van der Waals surface area contributed by atoms with Gasteiger partial charge in [-0.25, -0.2) is 0 Å². The first-order valence-electron chi connectivity index (χ1n) is 5.63. The van der Waals surface area contributed by atoms with Crippen LogP contribution in [0, 0.1) is 0 Å². The largest absolute Gasteiger partial charge is 0.507 e. The third-order valence-corrected chi connectivity index (χ3v) is 3.06. The molecule has 96 valence electrons. The van der Waals surface area contributed by atoms with Gasteiger partial charge in [0.25, 0.3) is 0 Å². The van der Waals surface area contributed by atoms with Crippen molar-refractivity contribution in [1.29, 1.82) is 0 Å². The van der Waals surface area contributed by atoms with Crippen LogP contribution in [0.15, 0.2) is 53.0 Å². The number of benzene rings is 2. The van der Waals surface area contributed by atoms with Gasteiger partial charge in [-0.2, -0.15) is 0 Å². The van der Waals surface area contributed by atoms with Gasteiger partial charge in [-0.1, -0.05) is 34.1 Å². The summed E-state index contributed by atoms with van der Waals surface area (Å²) in [4.78, 5) is 12.0. The molecular weight excluding hydrogens is 306 g/mol. The van der Waals surface area contributed by atoms with Crippen LogP contribution in [-0.2, 0) is 0 Å². The van der Waals surface area contributed by atoms with E-state index in [-0.39, 0.29) is 17.1 Å². The van der Waals surface area contributed by atoms with Gasteiger partial charge in [-0.05, 0) is 42.0 Å². The number of nitrogens with two attached hydrogens (primary N) is 1. The monoisotopic (exact) mass is 317 g/mol. The minimum Gasteiger partial charge on any atom is -0.507 e. The van der Waals surface area contributed by atoms with Crippen LogP contribution in [0.1, 0.15) is 15.9 Å². The van der Waals surface area contributed by atoms with Gasteiger partial charge >= 0.3 is 0 Å². The lowest BCUT2D eigenvalue weighted by molar-refractivity contribution is 0.104. The predicted molar refractivity (Wildman–Crippen MR) is 80.0 cm³/mol. The number of phenolic OH excluding ortho intramolecular Hbond substituents is 1.